The summed E-state index contributed by atoms with van der Waals surface area (Å²) in [6.07, 6.45) is -1.13. The van der Waals surface area contributed by atoms with Crippen molar-refractivity contribution in [3.63, 3.8) is 0 Å². The maximum atomic E-state index is 12.6. The van der Waals surface area contributed by atoms with Crippen molar-refractivity contribution in [3.05, 3.63) is 65.7 Å². The Labute approximate surface area is 174 Å². The lowest BCUT2D eigenvalue weighted by Gasteiger charge is -2.48. The monoisotopic (exact) mass is 408 g/mol. The summed E-state index contributed by atoms with van der Waals surface area (Å²) in [6, 6.07) is 16.1. The highest BCUT2D eigenvalue weighted by atomic mass is 16.4. The van der Waals surface area contributed by atoms with Crippen LogP contribution in [0.3, 0.4) is 0 Å². The molecule has 8 nitrogen and oxygen atoms in total. The maximum Gasteiger partial charge on any atom is 0.409 e. The molecular formula is C22H24N4O4. The molecule has 30 heavy (non-hydrogen) atoms. The van der Waals surface area contributed by atoms with Gasteiger partial charge in [-0.05, 0) is 36.4 Å². The molecule has 0 bridgehead atoms. The molecule has 4 rings (SSSR count). The number of hydrogen-bond acceptors (Lipinski definition) is 4. The third-order valence-corrected chi connectivity index (χ3v) is 5.67. The number of carboxylic acid groups (broad SMARTS) is 1. The molecule has 0 atom stereocenters. The van der Waals surface area contributed by atoms with Crippen molar-refractivity contribution in [2.75, 3.05) is 44.6 Å². The Balaban J connectivity index is 1.24. The predicted octanol–water partition coefficient (Wildman–Crippen LogP) is 2.06. The fourth-order valence-electron chi connectivity index (χ4n) is 3.91. The summed E-state index contributed by atoms with van der Waals surface area (Å²) in [6.45, 7) is 4.33. The zero-order chi connectivity index (χ0) is 21.1. The summed E-state index contributed by atoms with van der Waals surface area (Å²) >= 11 is 0. The largest absolute Gasteiger partial charge is 0.465 e. The fraction of sp³-hybridized carbons (Fsp3) is 0.318. The van der Waals surface area contributed by atoms with E-state index in [4.69, 9.17) is 5.11 Å². The number of carbonyl (C=O) groups excluding carboxylic acids is 2. The Morgan fingerprint density at radius 1 is 0.767 bits per heavy atom. The highest BCUT2D eigenvalue weighted by molar-refractivity contribution is 5.96. The molecule has 2 fully saturated rings. The Morgan fingerprint density at radius 2 is 1.33 bits per heavy atom. The molecular weight excluding hydrogens is 384 g/mol. The molecule has 0 saturated carbocycles. The van der Waals surface area contributed by atoms with Crippen molar-refractivity contribution in [3.8, 4) is 0 Å². The summed E-state index contributed by atoms with van der Waals surface area (Å²) in [5, 5.41) is 11.0. The van der Waals surface area contributed by atoms with E-state index in [1.807, 2.05) is 35.2 Å². The number of anilines is 1. The van der Waals surface area contributed by atoms with Crippen LogP contribution in [0.1, 0.15) is 20.7 Å². The number of piperazine rings is 1. The topological polar surface area (TPSA) is 93.2 Å². The van der Waals surface area contributed by atoms with Gasteiger partial charge in [0.1, 0.15) is 0 Å². The van der Waals surface area contributed by atoms with Crippen LogP contribution < -0.4 is 5.32 Å². The van der Waals surface area contributed by atoms with Crippen LogP contribution in [0.5, 0.6) is 0 Å². The highest BCUT2D eigenvalue weighted by Crippen LogP contribution is 2.21. The second-order valence-electron chi connectivity index (χ2n) is 7.57. The van der Waals surface area contributed by atoms with Gasteiger partial charge < -0.3 is 14.9 Å². The molecule has 2 heterocycles. The number of carbonyl (C=O) groups is 3. The van der Waals surface area contributed by atoms with Crippen LogP contribution in [0.25, 0.3) is 0 Å². The normalized spacial score (nSPS) is 17.3. The van der Waals surface area contributed by atoms with Crippen LogP contribution in [-0.2, 0) is 0 Å². The fourth-order valence-corrected chi connectivity index (χ4v) is 3.91. The third kappa shape index (κ3) is 4.28. The first-order valence-corrected chi connectivity index (χ1v) is 9.99. The molecule has 0 radical (unpaired) electrons. The van der Waals surface area contributed by atoms with Gasteiger partial charge in [0.25, 0.3) is 11.8 Å². The lowest BCUT2D eigenvalue weighted by Crippen LogP contribution is -2.64. The van der Waals surface area contributed by atoms with Crippen molar-refractivity contribution in [2.24, 2.45) is 0 Å². The van der Waals surface area contributed by atoms with Crippen LogP contribution in [0.15, 0.2) is 54.6 Å². The first kappa shape index (κ1) is 19.9. The molecule has 2 aromatic carbocycles. The summed E-state index contributed by atoms with van der Waals surface area (Å²) < 4.78 is 0. The number of rotatable bonds is 4. The average molecular weight is 408 g/mol. The summed E-state index contributed by atoms with van der Waals surface area (Å²) in [4.78, 5) is 41.9. The standard InChI is InChI=1S/C22H24N4O4/c27-20(16-4-2-1-3-5-16)25-12-10-24(11-13-25)19-14-26(15-19)21(28)17-6-8-18(9-7-17)23-22(29)30/h1-9,19,23H,10-15H2,(H,29,30). The molecule has 0 spiro atoms. The second kappa shape index (κ2) is 8.54. The summed E-state index contributed by atoms with van der Waals surface area (Å²) in [7, 11) is 0. The average Bonchev–Trinajstić information content (AvgIpc) is 2.73. The van der Waals surface area contributed by atoms with Gasteiger partial charge in [-0.2, -0.15) is 0 Å². The van der Waals surface area contributed by atoms with Gasteiger partial charge in [-0.15, -0.1) is 0 Å². The summed E-state index contributed by atoms with van der Waals surface area (Å²) in [5.41, 5.74) is 1.70. The summed E-state index contributed by atoms with van der Waals surface area (Å²) in [5.74, 6) is 0.0208. The van der Waals surface area contributed by atoms with Crippen LogP contribution in [0.2, 0.25) is 0 Å². The molecule has 2 saturated heterocycles. The quantitative estimate of drug-likeness (QED) is 0.808. The van der Waals surface area contributed by atoms with Gasteiger partial charge in [0, 0.05) is 62.1 Å². The SMILES string of the molecule is O=C(O)Nc1ccc(C(=O)N2CC(N3CCN(C(=O)c4ccccc4)CC3)C2)cc1. The van der Waals surface area contributed by atoms with Gasteiger partial charge in [0.05, 0.1) is 0 Å². The van der Waals surface area contributed by atoms with Crippen molar-refractivity contribution in [2.45, 2.75) is 6.04 Å². The Kier molecular flexibility index (Phi) is 5.67. The van der Waals surface area contributed by atoms with E-state index < -0.39 is 6.09 Å². The number of nitrogens with zero attached hydrogens (tertiary/aromatic N) is 3. The highest BCUT2D eigenvalue weighted by Gasteiger charge is 2.36. The van der Waals surface area contributed by atoms with Crippen molar-refractivity contribution >= 4 is 23.6 Å². The molecule has 8 heteroatoms. The minimum absolute atomic E-state index is 0.0500. The number of hydrogen-bond donors (Lipinski definition) is 2. The minimum atomic E-state index is -1.13. The van der Waals surface area contributed by atoms with Crippen molar-refractivity contribution in [1.82, 2.24) is 14.7 Å². The molecule has 2 N–H and O–H groups in total. The predicted molar refractivity (Wildman–Crippen MR) is 112 cm³/mol. The van der Waals surface area contributed by atoms with E-state index in [1.54, 1.807) is 29.2 Å². The number of amides is 3. The van der Waals surface area contributed by atoms with E-state index in [9.17, 15) is 14.4 Å². The lowest BCUT2D eigenvalue weighted by atomic mass is 10.0. The van der Waals surface area contributed by atoms with Gasteiger partial charge in [-0.3, -0.25) is 19.8 Å². The first-order valence-electron chi connectivity index (χ1n) is 9.99. The van der Waals surface area contributed by atoms with Gasteiger partial charge in [0.15, 0.2) is 0 Å². The van der Waals surface area contributed by atoms with Crippen LogP contribution in [0.4, 0.5) is 10.5 Å². The van der Waals surface area contributed by atoms with Crippen LogP contribution >= 0.6 is 0 Å². The first-order chi connectivity index (χ1) is 14.5. The molecule has 0 aliphatic carbocycles. The smallest absolute Gasteiger partial charge is 0.409 e. The molecule has 2 aliphatic rings. The van der Waals surface area contributed by atoms with Gasteiger partial charge >= 0.3 is 6.09 Å². The lowest BCUT2D eigenvalue weighted by molar-refractivity contribution is 0.00854. The number of benzene rings is 2. The van der Waals surface area contributed by atoms with Gasteiger partial charge in [-0.1, -0.05) is 18.2 Å². The van der Waals surface area contributed by atoms with Gasteiger partial charge in [0.2, 0.25) is 0 Å². The Morgan fingerprint density at radius 3 is 1.93 bits per heavy atom. The van der Waals surface area contributed by atoms with E-state index in [-0.39, 0.29) is 11.8 Å². The van der Waals surface area contributed by atoms with E-state index in [0.717, 1.165) is 18.7 Å². The molecule has 2 aliphatic heterocycles. The zero-order valence-corrected chi connectivity index (χ0v) is 16.5. The third-order valence-electron chi connectivity index (χ3n) is 5.67. The Bertz CT molecular complexity index is 918. The van der Waals surface area contributed by atoms with E-state index >= 15 is 0 Å². The maximum absolute atomic E-state index is 12.6. The van der Waals surface area contributed by atoms with Crippen LogP contribution in [0, 0.1) is 0 Å². The second-order valence-corrected chi connectivity index (χ2v) is 7.57. The molecule has 0 unspecified atom stereocenters. The van der Waals surface area contributed by atoms with E-state index in [0.29, 0.717) is 43.5 Å². The number of likely N-dealkylation sites (tertiary alicyclic amines) is 1. The van der Waals surface area contributed by atoms with Crippen molar-refractivity contribution < 1.29 is 19.5 Å². The molecule has 156 valence electrons. The molecule has 3 amide bonds. The molecule has 0 aromatic heterocycles. The van der Waals surface area contributed by atoms with Gasteiger partial charge in [-0.25, -0.2) is 4.79 Å². The molecule has 2 aromatic rings. The zero-order valence-electron chi connectivity index (χ0n) is 16.5. The number of nitrogens with one attached hydrogen (secondary N) is 1. The Hall–Kier alpha value is -3.39. The van der Waals surface area contributed by atoms with E-state index in [2.05, 4.69) is 10.2 Å². The van der Waals surface area contributed by atoms with Crippen molar-refractivity contribution in [1.29, 1.82) is 0 Å². The van der Waals surface area contributed by atoms with E-state index in [1.165, 1.54) is 0 Å². The van der Waals surface area contributed by atoms with Crippen LogP contribution in [-0.4, -0.2) is 83.0 Å². The minimum Gasteiger partial charge on any atom is -0.465 e.